The Kier molecular flexibility index (Phi) is 2.91. The fourth-order valence-electron chi connectivity index (χ4n) is 2.94. The van der Waals surface area contributed by atoms with Crippen LogP contribution in [0.1, 0.15) is 27.1 Å². The van der Waals surface area contributed by atoms with Crippen molar-refractivity contribution < 1.29 is 8.91 Å². The first-order valence-electron chi connectivity index (χ1n) is 9.39. The topological polar surface area (TPSA) is 47.3 Å². The van der Waals surface area contributed by atoms with Gasteiger partial charge in [0.05, 0.1) is 11.9 Å². The normalized spacial score (nSPS) is 13.2. The lowest BCUT2D eigenvalue weighted by Crippen LogP contribution is -1.99. The van der Waals surface area contributed by atoms with Gasteiger partial charge in [-0.2, -0.15) is 0 Å². The number of aryl methyl sites for hydroxylation is 1. The molecule has 4 nitrogen and oxygen atoms in total. The average molecular weight is 330 g/mol. The zero-order chi connectivity index (χ0) is 19.9. The van der Waals surface area contributed by atoms with E-state index in [0.29, 0.717) is 17.0 Å². The largest absolute Gasteiger partial charge is 0.296 e. The summed E-state index contributed by atoms with van der Waals surface area (Å²) in [5.41, 5.74) is 4.56. The van der Waals surface area contributed by atoms with Crippen molar-refractivity contribution >= 4 is 11.4 Å². The predicted molar refractivity (Wildman–Crippen MR) is 98.6 cm³/mol. The summed E-state index contributed by atoms with van der Waals surface area (Å²) in [7, 11) is 0. The molecule has 3 aromatic heterocycles. The molecule has 4 aromatic rings. The zero-order valence-corrected chi connectivity index (χ0v) is 13.6. The molecule has 0 aliphatic carbocycles. The summed E-state index contributed by atoms with van der Waals surface area (Å²) >= 11 is 0. The molecule has 0 spiro atoms. The lowest BCUT2D eigenvalue weighted by molar-refractivity contribution is 0.101. The van der Waals surface area contributed by atoms with E-state index in [-0.39, 0.29) is 11.3 Å². The van der Waals surface area contributed by atoms with E-state index in [2.05, 4.69) is 9.97 Å². The first-order chi connectivity index (χ1) is 13.3. The molecule has 25 heavy (non-hydrogen) atoms. The summed E-state index contributed by atoms with van der Waals surface area (Å²) in [6.07, 6.45) is 5.09. The monoisotopic (exact) mass is 330 g/mol. The van der Waals surface area contributed by atoms with E-state index in [1.807, 2.05) is 36.5 Å². The van der Waals surface area contributed by atoms with Crippen molar-refractivity contribution in [2.75, 3.05) is 0 Å². The molecule has 0 N–H and O–H groups in total. The second-order valence-electron chi connectivity index (χ2n) is 5.83. The lowest BCUT2D eigenvalue weighted by atomic mass is 9.99. The summed E-state index contributed by atoms with van der Waals surface area (Å²) in [5.74, 6) is -0.0681. The van der Waals surface area contributed by atoms with Crippen LogP contribution in [0.3, 0.4) is 0 Å². The van der Waals surface area contributed by atoms with Crippen molar-refractivity contribution in [1.29, 1.82) is 0 Å². The Balaban J connectivity index is 1.89. The van der Waals surface area contributed by atoms with Gasteiger partial charge >= 0.3 is 0 Å². The van der Waals surface area contributed by atoms with Crippen LogP contribution < -0.4 is 0 Å². The molecule has 0 radical (unpaired) electrons. The van der Waals surface area contributed by atoms with Crippen molar-refractivity contribution in [2.45, 2.75) is 13.8 Å². The highest BCUT2D eigenvalue weighted by atomic mass is 16.1. The van der Waals surface area contributed by atoms with Gasteiger partial charge in [0.1, 0.15) is 11.3 Å². The van der Waals surface area contributed by atoms with E-state index >= 15 is 0 Å². The Labute approximate surface area is 150 Å². The molecular formula is C21H17N3O. The van der Waals surface area contributed by atoms with Gasteiger partial charge in [-0.25, -0.2) is 4.98 Å². The third-order valence-corrected chi connectivity index (χ3v) is 4.12. The van der Waals surface area contributed by atoms with Crippen LogP contribution in [-0.4, -0.2) is 20.2 Å². The van der Waals surface area contributed by atoms with Gasteiger partial charge in [-0.3, -0.25) is 14.2 Å². The van der Waals surface area contributed by atoms with Gasteiger partial charge in [-0.1, -0.05) is 29.8 Å². The fourth-order valence-corrected chi connectivity index (χ4v) is 2.94. The number of fused-ring (bicyclic) bond motifs is 1. The number of carbonyl (C=O) groups is 1. The van der Waals surface area contributed by atoms with E-state index in [4.69, 9.17) is 4.11 Å². The predicted octanol–water partition coefficient (Wildman–Crippen LogP) is 4.57. The van der Waals surface area contributed by atoms with Crippen LogP contribution in [0.15, 0.2) is 67.1 Å². The highest BCUT2D eigenvalue weighted by molar-refractivity contribution is 5.93. The van der Waals surface area contributed by atoms with Crippen LogP contribution in [0.5, 0.6) is 0 Å². The Morgan fingerprint density at radius 2 is 2.00 bits per heavy atom. The molecule has 0 fully saturated rings. The van der Waals surface area contributed by atoms with E-state index in [9.17, 15) is 4.79 Å². The molecule has 1 aromatic carbocycles. The third kappa shape index (κ3) is 2.72. The molecule has 4 rings (SSSR count). The minimum Gasteiger partial charge on any atom is -0.296 e. The fraction of sp³-hybridized carbons (Fsp3) is 0.0952. The number of imidazole rings is 1. The number of nitrogens with zero attached hydrogens (tertiary/aromatic N) is 3. The van der Waals surface area contributed by atoms with Crippen molar-refractivity contribution in [3.05, 3.63) is 78.4 Å². The van der Waals surface area contributed by atoms with Crippen LogP contribution in [0.4, 0.5) is 0 Å². The van der Waals surface area contributed by atoms with E-state index in [1.54, 1.807) is 35.0 Å². The average Bonchev–Trinajstić information content (AvgIpc) is 3.11. The molecule has 0 aliphatic rings. The maximum Gasteiger partial charge on any atom is 0.178 e. The van der Waals surface area contributed by atoms with Crippen LogP contribution >= 0.6 is 0 Å². The van der Waals surface area contributed by atoms with Gasteiger partial charge in [0.2, 0.25) is 0 Å². The maximum absolute atomic E-state index is 11.9. The van der Waals surface area contributed by atoms with E-state index in [0.717, 1.165) is 16.7 Å². The standard InChI is InChI=1S/C21H17N3O/c1-14-5-3-6-16(11-14)21-18(7-4-10-22-21)17-8-9-20-23-12-19(15(2)25)24(20)13-17/h3-13H,1-2H3/i1D3. The maximum atomic E-state index is 11.9. The second kappa shape index (κ2) is 5.98. The zero-order valence-electron chi connectivity index (χ0n) is 16.6. The number of carbonyl (C=O) groups excluding carboxylic acids is 1. The van der Waals surface area contributed by atoms with Crippen LogP contribution in [-0.2, 0) is 0 Å². The third-order valence-electron chi connectivity index (χ3n) is 4.12. The lowest BCUT2D eigenvalue weighted by Gasteiger charge is -2.10. The van der Waals surface area contributed by atoms with Crippen molar-refractivity contribution in [1.82, 2.24) is 14.4 Å². The molecule has 4 heteroatoms. The Morgan fingerprint density at radius 1 is 1.08 bits per heavy atom. The van der Waals surface area contributed by atoms with Gasteiger partial charge in [-0.05, 0) is 31.1 Å². The smallest absolute Gasteiger partial charge is 0.178 e. The summed E-state index contributed by atoms with van der Waals surface area (Å²) in [6, 6.07) is 14.3. The first-order valence-corrected chi connectivity index (χ1v) is 7.89. The molecule has 0 unspecified atom stereocenters. The van der Waals surface area contributed by atoms with Crippen molar-refractivity contribution in [3.8, 4) is 22.4 Å². The number of Topliss-reactive ketones (excluding diaryl/α,β-unsaturated/α-hetero) is 1. The SMILES string of the molecule is [2H]C([2H])([2H])c1cccc(-c2ncccc2-c2ccc3ncc(C(C)=O)n3c2)c1. The van der Waals surface area contributed by atoms with E-state index in [1.165, 1.54) is 6.92 Å². The Morgan fingerprint density at radius 3 is 2.84 bits per heavy atom. The summed E-state index contributed by atoms with van der Waals surface area (Å²) in [5, 5.41) is 0. The number of hydrogen-bond acceptors (Lipinski definition) is 3. The summed E-state index contributed by atoms with van der Waals surface area (Å²) in [6.45, 7) is -0.678. The molecule has 0 bridgehead atoms. The molecule has 0 saturated heterocycles. The molecule has 0 amide bonds. The van der Waals surface area contributed by atoms with Crippen LogP contribution in [0.25, 0.3) is 28.0 Å². The minimum absolute atomic E-state index is 0.0681. The van der Waals surface area contributed by atoms with Crippen molar-refractivity contribution in [3.63, 3.8) is 0 Å². The first kappa shape index (κ1) is 12.1. The van der Waals surface area contributed by atoms with Gasteiger partial charge in [0.15, 0.2) is 5.78 Å². The number of benzene rings is 1. The van der Waals surface area contributed by atoms with Gasteiger partial charge in [-0.15, -0.1) is 0 Å². The Hall–Kier alpha value is -3.27. The number of hydrogen-bond donors (Lipinski definition) is 0. The number of pyridine rings is 2. The Bertz CT molecular complexity index is 1190. The molecule has 0 aliphatic heterocycles. The molecule has 0 atom stereocenters. The van der Waals surface area contributed by atoms with Crippen LogP contribution in [0.2, 0.25) is 0 Å². The molecule has 3 heterocycles. The molecular weight excluding hydrogens is 310 g/mol. The second-order valence-corrected chi connectivity index (χ2v) is 5.83. The summed E-state index contributed by atoms with van der Waals surface area (Å²) in [4.78, 5) is 20.6. The number of ketones is 1. The summed E-state index contributed by atoms with van der Waals surface area (Å²) < 4.78 is 24.7. The van der Waals surface area contributed by atoms with Gasteiger partial charge in [0, 0.05) is 40.1 Å². The highest BCUT2D eigenvalue weighted by Crippen LogP contribution is 2.30. The number of rotatable bonds is 3. The highest BCUT2D eigenvalue weighted by Gasteiger charge is 2.12. The molecule has 122 valence electrons. The van der Waals surface area contributed by atoms with Crippen LogP contribution in [0, 0.1) is 6.85 Å². The minimum atomic E-state index is -2.18. The van der Waals surface area contributed by atoms with Gasteiger partial charge in [0.25, 0.3) is 0 Å². The van der Waals surface area contributed by atoms with E-state index < -0.39 is 6.85 Å². The van der Waals surface area contributed by atoms with Gasteiger partial charge < -0.3 is 0 Å². The van der Waals surface area contributed by atoms with Crippen molar-refractivity contribution in [2.24, 2.45) is 0 Å². The number of aromatic nitrogens is 3. The molecule has 0 saturated carbocycles. The quantitative estimate of drug-likeness (QED) is 0.517.